The normalized spacial score (nSPS) is 17.0. The van der Waals surface area contributed by atoms with Crippen LogP contribution < -0.4 is 10.6 Å². The summed E-state index contributed by atoms with van der Waals surface area (Å²) >= 11 is 0. The zero-order chi connectivity index (χ0) is 9.54. The molecule has 0 atom stereocenters. The van der Waals surface area contributed by atoms with Gasteiger partial charge in [0, 0.05) is 19.2 Å². The number of aromatic nitrogens is 1. The molecule has 5 nitrogen and oxygen atoms in total. The molecule has 1 aliphatic heterocycles. The molecule has 1 fully saturated rings. The molecule has 0 aromatic carbocycles. The van der Waals surface area contributed by atoms with Crippen molar-refractivity contribution in [2.24, 2.45) is 0 Å². The highest BCUT2D eigenvalue weighted by Crippen LogP contribution is 2.27. The Hall–Kier alpha value is -1.65. The number of nitrogen functional groups attached to an aromatic ring is 1. The molecule has 1 aliphatic rings. The van der Waals surface area contributed by atoms with E-state index in [1.807, 2.05) is 0 Å². The molecule has 0 unspecified atom stereocenters. The number of anilines is 2. The molecule has 0 saturated carbocycles. The van der Waals surface area contributed by atoms with Crippen molar-refractivity contribution in [3.8, 4) is 0 Å². The zero-order valence-corrected chi connectivity index (χ0v) is 7.69. The maximum Gasteiger partial charge on any atom is 0.301 e. The monoisotopic (exact) mass is 193 g/mol. The van der Waals surface area contributed by atoms with Crippen molar-refractivity contribution < 1.29 is 8.83 Å². The van der Waals surface area contributed by atoms with Gasteiger partial charge in [0.2, 0.25) is 0 Å². The van der Waals surface area contributed by atoms with E-state index in [4.69, 9.17) is 14.6 Å². The number of fused-ring (bicyclic) bond motifs is 1. The highest BCUT2D eigenvalue weighted by Gasteiger charge is 2.19. The summed E-state index contributed by atoms with van der Waals surface area (Å²) in [6.07, 6.45) is 2.40. The number of hydrogen-bond donors (Lipinski definition) is 1. The van der Waals surface area contributed by atoms with Crippen LogP contribution in [0.1, 0.15) is 12.8 Å². The molecule has 0 spiro atoms. The molecule has 1 saturated heterocycles. The van der Waals surface area contributed by atoms with Crippen molar-refractivity contribution in [2.45, 2.75) is 12.8 Å². The number of nitrogens with zero attached hydrogens (tertiary/aromatic N) is 2. The fourth-order valence-electron chi connectivity index (χ4n) is 1.79. The fraction of sp³-hybridized carbons (Fsp3) is 0.444. The first-order valence-corrected chi connectivity index (χ1v) is 4.74. The third-order valence-corrected chi connectivity index (χ3v) is 2.47. The Kier molecular flexibility index (Phi) is 1.47. The third kappa shape index (κ3) is 1.05. The Morgan fingerprint density at radius 2 is 2.07 bits per heavy atom. The summed E-state index contributed by atoms with van der Waals surface area (Å²) in [5.74, 6) is 0.347. The summed E-state index contributed by atoms with van der Waals surface area (Å²) in [7, 11) is 0. The van der Waals surface area contributed by atoms with Crippen LogP contribution in [0.2, 0.25) is 0 Å². The SMILES string of the molecule is Nc1cc2oc(N3CCCC3)nc2o1. The molecule has 74 valence electrons. The minimum atomic E-state index is 0.347. The van der Waals surface area contributed by atoms with Gasteiger partial charge in [-0.05, 0) is 12.8 Å². The van der Waals surface area contributed by atoms with E-state index in [1.165, 1.54) is 12.8 Å². The molecule has 0 radical (unpaired) electrons. The number of rotatable bonds is 1. The average molecular weight is 193 g/mol. The van der Waals surface area contributed by atoms with Crippen LogP contribution in [0.4, 0.5) is 11.9 Å². The van der Waals surface area contributed by atoms with Crippen molar-refractivity contribution in [1.82, 2.24) is 4.98 Å². The van der Waals surface area contributed by atoms with Crippen LogP contribution in [-0.4, -0.2) is 18.1 Å². The van der Waals surface area contributed by atoms with Crippen molar-refractivity contribution in [3.05, 3.63) is 6.07 Å². The Morgan fingerprint density at radius 1 is 1.29 bits per heavy atom. The third-order valence-electron chi connectivity index (χ3n) is 2.47. The summed E-state index contributed by atoms with van der Waals surface area (Å²) < 4.78 is 10.7. The molecule has 0 aliphatic carbocycles. The van der Waals surface area contributed by atoms with E-state index in [0.29, 0.717) is 23.2 Å². The van der Waals surface area contributed by atoms with Crippen molar-refractivity contribution in [2.75, 3.05) is 23.7 Å². The molecule has 3 rings (SSSR count). The minimum Gasteiger partial charge on any atom is -0.420 e. The van der Waals surface area contributed by atoms with Crippen LogP contribution in [0.15, 0.2) is 14.9 Å². The van der Waals surface area contributed by atoms with Crippen molar-refractivity contribution in [1.29, 1.82) is 0 Å². The molecule has 5 heteroatoms. The average Bonchev–Trinajstić information content (AvgIpc) is 2.74. The van der Waals surface area contributed by atoms with Crippen LogP contribution in [0.3, 0.4) is 0 Å². The lowest BCUT2D eigenvalue weighted by Gasteiger charge is -2.10. The van der Waals surface area contributed by atoms with Gasteiger partial charge in [0.05, 0.1) is 0 Å². The second kappa shape index (κ2) is 2.67. The van der Waals surface area contributed by atoms with Crippen molar-refractivity contribution >= 4 is 23.2 Å². The van der Waals surface area contributed by atoms with Gasteiger partial charge >= 0.3 is 6.01 Å². The van der Waals surface area contributed by atoms with E-state index in [9.17, 15) is 0 Å². The van der Waals surface area contributed by atoms with E-state index in [1.54, 1.807) is 6.07 Å². The minimum absolute atomic E-state index is 0.347. The van der Waals surface area contributed by atoms with Crippen molar-refractivity contribution in [3.63, 3.8) is 0 Å². The predicted octanol–water partition coefficient (Wildman–Crippen LogP) is 1.60. The van der Waals surface area contributed by atoms with Crippen LogP contribution in [-0.2, 0) is 0 Å². The highest BCUT2D eigenvalue weighted by molar-refractivity contribution is 5.72. The van der Waals surface area contributed by atoms with Crippen LogP contribution in [0, 0.1) is 0 Å². The Labute approximate surface area is 80.5 Å². The van der Waals surface area contributed by atoms with E-state index >= 15 is 0 Å². The summed E-state index contributed by atoms with van der Waals surface area (Å²) in [6.45, 7) is 2.02. The van der Waals surface area contributed by atoms with Gasteiger partial charge in [-0.2, -0.15) is 4.98 Å². The van der Waals surface area contributed by atoms with E-state index in [0.717, 1.165) is 13.1 Å². The molecule has 3 heterocycles. The first-order valence-electron chi connectivity index (χ1n) is 4.74. The highest BCUT2D eigenvalue weighted by atomic mass is 16.4. The van der Waals surface area contributed by atoms with Crippen LogP contribution >= 0.6 is 0 Å². The largest absolute Gasteiger partial charge is 0.420 e. The zero-order valence-electron chi connectivity index (χ0n) is 7.69. The topological polar surface area (TPSA) is 68.4 Å². The van der Waals surface area contributed by atoms with Gasteiger partial charge in [0.15, 0.2) is 11.5 Å². The quantitative estimate of drug-likeness (QED) is 0.745. The number of oxazole rings is 1. The molecular weight excluding hydrogens is 182 g/mol. The van der Waals surface area contributed by atoms with Gasteiger partial charge in [-0.1, -0.05) is 0 Å². The second-order valence-corrected chi connectivity index (χ2v) is 3.51. The molecule has 0 bridgehead atoms. The van der Waals surface area contributed by atoms with Gasteiger partial charge in [-0.25, -0.2) is 0 Å². The standard InChI is InChI=1S/C9H11N3O2/c10-7-5-6-8(14-7)11-9(13-6)12-3-1-2-4-12/h5H,1-4,10H2. The van der Waals surface area contributed by atoms with Crippen LogP contribution in [0.5, 0.6) is 0 Å². The maximum absolute atomic E-state index is 5.51. The Bertz CT molecular complexity index is 422. The molecule has 0 amide bonds. The molecule has 2 N–H and O–H groups in total. The first kappa shape index (κ1) is 7.73. The smallest absolute Gasteiger partial charge is 0.301 e. The van der Waals surface area contributed by atoms with Gasteiger partial charge in [-0.3, -0.25) is 0 Å². The number of hydrogen-bond acceptors (Lipinski definition) is 5. The molecule has 2 aromatic rings. The number of nitrogens with two attached hydrogens (primary N) is 1. The molecule has 2 aromatic heterocycles. The van der Waals surface area contributed by atoms with E-state index in [2.05, 4.69) is 9.88 Å². The summed E-state index contributed by atoms with van der Waals surface area (Å²) in [6, 6.07) is 2.30. The summed E-state index contributed by atoms with van der Waals surface area (Å²) in [5.41, 5.74) is 6.58. The predicted molar refractivity (Wildman–Crippen MR) is 52.1 cm³/mol. The lowest BCUT2D eigenvalue weighted by Crippen LogP contribution is -2.17. The Balaban J connectivity index is 2.01. The maximum atomic E-state index is 5.51. The number of furan rings is 1. The summed E-state index contributed by atoms with van der Waals surface area (Å²) in [4.78, 5) is 6.34. The lowest BCUT2D eigenvalue weighted by atomic mass is 10.4. The van der Waals surface area contributed by atoms with Gasteiger partial charge in [0.25, 0.3) is 5.71 Å². The van der Waals surface area contributed by atoms with Gasteiger partial charge < -0.3 is 19.5 Å². The molecule has 14 heavy (non-hydrogen) atoms. The molecular formula is C9H11N3O2. The first-order chi connectivity index (χ1) is 6.83. The second-order valence-electron chi connectivity index (χ2n) is 3.51. The Morgan fingerprint density at radius 3 is 2.79 bits per heavy atom. The van der Waals surface area contributed by atoms with Gasteiger partial charge in [-0.15, -0.1) is 0 Å². The van der Waals surface area contributed by atoms with Gasteiger partial charge in [0.1, 0.15) is 0 Å². The fourth-order valence-corrected chi connectivity index (χ4v) is 1.79. The van der Waals surface area contributed by atoms with E-state index in [-0.39, 0.29) is 0 Å². The van der Waals surface area contributed by atoms with E-state index < -0.39 is 0 Å². The summed E-state index contributed by atoms with van der Waals surface area (Å²) in [5, 5.41) is 0. The lowest BCUT2D eigenvalue weighted by molar-refractivity contribution is 0.585. The van der Waals surface area contributed by atoms with Crippen LogP contribution in [0.25, 0.3) is 11.3 Å².